The number of rotatable bonds is 11. The molecule has 3 aromatic rings. The van der Waals surface area contributed by atoms with E-state index in [0.29, 0.717) is 30.7 Å². The molecule has 0 heterocycles. The van der Waals surface area contributed by atoms with Gasteiger partial charge in [-0.1, -0.05) is 36.4 Å². The summed E-state index contributed by atoms with van der Waals surface area (Å²) >= 11 is 0. The van der Waals surface area contributed by atoms with Crippen LogP contribution >= 0.6 is 0 Å². The van der Waals surface area contributed by atoms with Crippen molar-refractivity contribution in [3.63, 3.8) is 0 Å². The maximum Gasteiger partial charge on any atom is 0.255 e. The van der Waals surface area contributed by atoms with E-state index in [0.717, 1.165) is 16.3 Å². The van der Waals surface area contributed by atoms with E-state index < -0.39 is 17.9 Å². The van der Waals surface area contributed by atoms with Crippen LogP contribution < -0.4 is 26.8 Å². The number of nitrogens with two attached hydrogens (primary N) is 2. The van der Waals surface area contributed by atoms with Crippen molar-refractivity contribution >= 4 is 28.5 Å². The summed E-state index contributed by atoms with van der Waals surface area (Å²) < 4.78 is 5.84. The van der Waals surface area contributed by atoms with Crippen molar-refractivity contribution < 1.29 is 24.2 Å². The first-order valence-corrected chi connectivity index (χ1v) is 10.9. The number of phenolic OH excluding ortho intramolecular Hbond substituents is 1. The number of phenols is 1. The third-order valence-corrected chi connectivity index (χ3v) is 5.12. The minimum absolute atomic E-state index is 0.154. The first-order chi connectivity index (χ1) is 16.3. The molecule has 0 fully saturated rings. The van der Waals surface area contributed by atoms with Gasteiger partial charge in [-0.15, -0.1) is 0 Å². The maximum absolute atomic E-state index is 12.6. The van der Waals surface area contributed by atoms with Crippen LogP contribution in [0, 0.1) is 0 Å². The van der Waals surface area contributed by atoms with Gasteiger partial charge in [0.25, 0.3) is 5.91 Å². The molecule has 0 aliphatic heterocycles. The zero-order chi connectivity index (χ0) is 24.5. The monoisotopic (exact) mass is 464 g/mol. The van der Waals surface area contributed by atoms with Crippen molar-refractivity contribution in [2.45, 2.75) is 18.9 Å². The second kappa shape index (κ2) is 11.7. The van der Waals surface area contributed by atoms with Crippen molar-refractivity contribution in [2.75, 3.05) is 19.7 Å². The highest BCUT2D eigenvalue weighted by Gasteiger charge is 2.16. The zero-order valence-corrected chi connectivity index (χ0v) is 18.6. The Labute approximate surface area is 197 Å². The highest BCUT2D eigenvalue weighted by Crippen LogP contribution is 2.26. The number of amides is 3. The first kappa shape index (κ1) is 24.5. The second-order valence-electron chi connectivity index (χ2n) is 7.81. The summed E-state index contributed by atoms with van der Waals surface area (Å²) in [7, 11) is 0. The lowest BCUT2D eigenvalue weighted by Crippen LogP contribution is -2.42. The molecule has 0 saturated carbocycles. The molecule has 9 heteroatoms. The largest absolute Gasteiger partial charge is 0.508 e. The summed E-state index contributed by atoms with van der Waals surface area (Å²) in [6, 6.07) is 16.8. The van der Waals surface area contributed by atoms with Gasteiger partial charge in [-0.25, -0.2) is 0 Å². The highest BCUT2D eigenvalue weighted by molar-refractivity contribution is 6.02. The molecular formula is C25H28N4O5. The van der Waals surface area contributed by atoms with E-state index in [1.54, 1.807) is 36.4 Å². The van der Waals surface area contributed by atoms with Crippen LogP contribution in [0.1, 0.15) is 22.3 Å². The summed E-state index contributed by atoms with van der Waals surface area (Å²) in [6.07, 6.45) is 0.844. The van der Waals surface area contributed by atoms with Gasteiger partial charge in [0.2, 0.25) is 11.8 Å². The van der Waals surface area contributed by atoms with Gasteiger partial charge in [0.15, 0.2) is 0 Å². The molecule has 0 spiro atoms. The quantitative estimate of drug-likeness (QED) is 0.269. The summed E-state index contributed by atoms with van der Waals surface area (Å²) in [4.78, 5) is 35.8. The van der Waals surface area contributed by atoms with E-state index in [1.807, 2.05) is 24.3 Å². The number of primary amides is 1. The number of fused-ring (bicyclic) bond motifs is 1. The van der Waals surface area contributed by atoms with Gasteiger partial charge >= 0.3 is 0 Å². The van der Waals surface area contributed by atoms with E-state index in [4.69, 9.17) is 16.2 Å². The smallest absolute Gasteiger partial charge is 0.255 e. The molecular weight excluding hydrogens is 436 g/mol. The van der Waals surface area contributed by atoms with E-state index in [1.165, 1.54) is 0 Å². The summed E-state index contributed by atoms with van der Waals surface area (Å²) in [5.41, 5.74) is 12.2. The third kappa shape index (κ3) is 6.94. The van der Waals surface area contributed by atoms with E-state index in [2.05, 4.69) is 10.6 Å². The first-order valence-electron chi connectivity index (χ1n) is 10.9. The fourth-order valence-corrected chi connectivity index (χ4v) is 3.35. The van der Waals surface area contributed by atoms with Gasteiger partial charge < -0.3 is 31.9 Å². The molecule has 0 aromatic heterocycles. The minimum Gasteiger partial charge on any atom is -0.508 e. The molecule has 1 atom stereocenters. The van der Waals surface area contributed by atoms with Crippen molar-refractivity contribution in [2.24, 2.45) is 11.5 Å². The Morgan fingerprint density at radius 3 is 2.32 bits per heavy atom. The lowest BCUT2D eigenvalue weighted by atomic mass is 10.1. The van der Waals surface area contributed by atoms with Gasteiger partial charge in [-0.3, -0.25) is 14.4 Å². The van der Waals surface area contributed by atoms with E-state index >= 15 is 0 Å². The molecule has 3 amide bonds. The SMILES string of the molecule is NC(=O)CNC(=O)c1cc2ccccc2cc1OCCCNC(=O)C(N)Cc1ccc(O)cc1. The predicted molar refractivity (Wildman–Crippen MR) is 128 cm³/mol. The Kier molecular flexibility index (Phi) is 8.42. The number of aromatic hydroxyl groups is 1. The Bertz CT molecular complexity index is 1160. The Balaban J connectivity index is 1.53. The lowest BCUT2D eigenvalue weighted by molar-refractivity contribution is -0.122. The molecule has 34 heavy (non-hydrogen) atoms. The number of hydrogen-bond donors (Lipinski definition) is 5. The number of carbonyl (C=O) groups excluding carboxylic acids is 3. The van der Waals surface area contributed by atoms with Gasteiger partial charge in [-0.05, 0) is 53.4 Å². The second-order valence-corrected chi connectivity index (χ2v) is 7.81. The molecule has 9 nitrogen and oxygen atoms in total. The van der Waals surface area contributed by atoms with E-state index in [-0.39, 0.29) is 24.8 Å². The van der Waals surface area contributed by atoms with Crippen LogP contribution in [0.2, 0.25) is 0 Å². The molecule has 0 saturated heterocycles. The van der Waals surface area contributed by atoms with Crippen LogP contribution in [-0.2, 0) is 16.0 Å². The summed E-state index contributed by atoms with van der Waals surface area (Å²) in [5.74, 6) is -0.868. The molecule has 0 radical (unpaired) electrons. The number of benzene rings is 3. The van der Waals surface area contributed by atoms with E-state index in [9.17, 15) is 19.5 Å². The molecule has 0 bridgehead atoms. The third-order valence-electron chi connectivity index (χ3n) is 5.12. The topological polar surface area (TPSA) is 157 Å². The van der Waals surface area contributed by atoms with Crippen LogP contribution in [0.5, 0.6) is 11.5 Å². The van der Waals surface area contributed by atoms with Gasteiger partial charge in [-0.2, -0.15) is 0 Å². The molecule has 0 aliphatic rings. The number of carbonyl (C=O) groups is 3. The van der Waals surface area contributed by atoms with Crippen LogP contribution in [-0.4, -0.2) is 48.6 Å². The summed E-state index contributed by atoms with van der Waals surface area (Å²) in [6.45, 7) is 0.322. The maximum atomic E-state index is 12.6. The molecule has 3 aromatic carbocycles. The Morgan fingerprint density at radius 2 is 1.65 bits per heavy atom. The number of nitrogens with one attached hydrogen (secondary N) is 2. The predicted octanol–water partition coefficient (Wildman–Crippen LogP) is 1.22. The number of ether oxygens (including phenoxy) is 1. The number of hydrogen-bond acceptors (Lipinski definition) is 6. The fraction of sp³-hybridized carbons (Fsp3) is 0.240. The van der Waals surface area contributed by atoms with Crippen molar-refractivity contribution in [1.82, 2.24) is 10.6 Å². The lowest BCUT2D eigenvalue weighted by Gasteiger charge is -2.14. The van der Waals surface area contributed by atoms with Crippen molar-refractivity contribution in [3.8, 4) is 11.5 Å². The molecule has 7 N–H and O–H groups in total. The minimum atomic E-state index is -0.716. The van der Waals surface area contributed by atoms with Gasteiger partial charge in [0.05, 0.1) is 24.8 Å². The van der Waals surface area contributed by atoms with Gasteiger partial charge in [0, 0.05) is 6.54 Å². The van der Waals surface area contributed by atoms with Crippen LogP contribution in [0.15, 0.2) is 60.7 Å². The standard InChI is InChI=1S/C25H28N4O5/c26-21(12-16-6-8-19(30)9-7-16)25(33)28-10-3-11-34-22-14-18-5-2-1-4-17(18)13-20(22)24(32)29-15-23(27)31/h1-2,4-9,13-14,21,30H,3,10-12,15,26H2,(H2,27,31)(H,28,33)(H,29,32). The zero-order valence-electron chi connectivity index (χ0n) is 18.6. The Hall–Kier alpha value is -4.11. The Morgan fingerprint density at radius 1 is 0.971 bits per heavy atom. The molecule has 3 rings (SSSR count). The normalized spacial score (nSPS) is 11.6. The molecule has 1 unspecified atom stereocenters. The van der Waals surface area contributed by atoms with Crippen LogP contribution in [0.3, 0.4) is 0 Å². The highest BCUT2D eigenvalue weighted by atomic mass is 16.5. The van der Waals surface area contributed by atoms with Crippen LogP contribution in [0.4, 0.5) is 0 Å². The van der Waals surface area contributed by atoms with Gasteiger partial charge in [0.1, 0.15) is 11.5 Å². The molecule has 178 valence electrons. The molecule has 0 aliphatic carbocycles. The average Bonchev–Trinajstić information content (AvgIpc) is 2.83. The van der Waals surface area contributed by atoms with Crippen molar-refractivity contribution in [1.29, 1.82) is 0 Å². The van der Waals surface area contributed by atoms with Crippen molar-refractivity contribution in [3.05, 3.63) is 71.8 Å². The average molecular weight is 465 g/mol. The van der Waals surface area contributed by atoms with Crippen LogP contribution in [0.25, 0.3) is 10.8 Å². The summed E-state index contributed by atoms with van der Waals surface area (Å²) in [5, 5.41) is 16.3. The fourth-order valence-electron chi connectivity index (χ4n) is 3.35.